The predicted octanol–water partition coefficient (Wildman–Crippen LogP) is 5.11. The summed E-state index contributed by atoms with van der Waals surface area (Å²) in [5.74, 6) is -1.22. The van der Waals surface area contributed by atoms with Crippen LogP contribution in [0.4, 0.5) is 0 Å². The average Bonchev–Trinajstić information content (AvgIpc) is 2.61. The first-order valence-corrected chi connectivity index (χ1v) is 9.38. The molecule has 0 aliphatic carbocycles. The number of aromatic hydroxyl groups is 4. The van der Waals surface area contributed by atoms with Gasteiger partial charge in [-0.2, -0.15) is 0 Å². The number of allylic oxidation sites excluding steroid dienone is 2. The summed E-state index contributed by atoms with van der Waals surface area (Å²) in [7, 11) is 0. The molecule has 29 heavy (non-hydrogen) atoms. The van der Waals surface area contributed by atoms with E-state index in [1.165, 1.54) is 6.07 Å². The molecule has 152 valence electrons. The fraction of sp³-hybridized carbons (Fsp3) is 0.261. The van der Waals surface area contributed by atoms with Crippen LogP contribution in [0.25, 0.3) is 34.1 Å². The number of phenolic OH excluding ortho intramolecular Hbond substituents is 4. The van der Waals surface area contributed by atoms with Crippen LogP contribution in [0.15, 0.2) is 33.5 Å². The highest BCUT2D eigenvalue weighted by Gasteiger charge is 2.21. The summed E-state index contributed by atoms with van der Waals surface area (Å²) in [4.78, 5) is 13.3. The van der Waals surface area contributed by atoms with E-state index in [2.05, 4.69) is 0 Å². The van der Waals surface area contributed by atoms with E-state index in [1.54, 1.807) is 24.3 Å². The minimum absolute atomic E-state index is 0.0249. The van der Waals surface area contributed by atoms with Crippen LogP contribution in [0.5, 0.6) is 23.0 Å². The Morgan fingerprint density at radius 1 is 0.759 bits per heavy atom. The monoisotopic (exact) mass is 396 g/mol. The molecule has 1 aromatic heterocycles. The molecule has 0 radical (unpaired) electrons. The molecule has 0 unspecified atom stereocenters. The van der Waals surface area contributed by atoms with Crippen molar-refractivity contribution in [1.29, 1.82) is 0 Å². The van der Waals surface area contributed by atoms with E-state index in [-0.39, 0.29) is 50.7 Å². The van der Waals surface area contributed by atoms with E-state index in [0.717, 1.165) is 6.07 Å². The van der Waals surface area contributed by atoms with Gasteiger partial charge in [0.25, 0.3) is 0 Å². The van der Waals surface area contributed by atoms with Gasteiger partial charge in [0.1, 0.15) is 28.1 Å². The number of rotatable bonds is 4. The average molecular weight is 396 g/mol. The van der Waals surface area contributed by atoms with Crippen LogP contribution in [0.1, 0.15) is 38.8 Å². The van der Waals surface area contributed by atoms with Crippen molar-refractivity contribution in [2.24, 2.45) is 11.8 Å². The van der Waals surface area contributed by atoms with Crippen LogP contribution in [0, 0.1) is 11.8 Å². The van der Waals surface area contributed by atoms with Gasteiger partial charge in [-0.1, -0.05) is 52.0 Å². The van der Waals surface area contributed by atoms with Crippen LogP contribution < -0.4 is 5.43 Å². The van der Waals surface area contributed by atoms with Gasteiger partial charge in [-0.15, -0.1) is 0 Å². The number of phenols is 4. The van der Waals surface area contributed by atoms with E-state index in [4.69, 9.17) is 4.42 Å². The molecule has 1 heterocycles. The zero-order chi connectivity index (χ0) is 21.5. The van der Waals surface area contributed by atoms with Crippen LogP contribution in [-0.4, -0.2) is 20.4 Å². The molecular weight excluding hydrogens is 372 g/mol. The second-order valence-electron chi connectivity index (χ2n) is 7.70. The third-order valence-electron chi connectivity index (χ3n) is 4.53. The number of benzene rings is 2. The Balaban J connectivity index is 2.47. The maximum atomic E-state index is 13.3. The van der Waals surface area contributed by atoms with Crippen LogP contribution in [0.3, 0.4) is 0 Å². The molecule has 3 aromatic rings. The van der Waals surface area contributed by atoms with Gasteiger partial charge in [0.2, 0.25) is 5.43 Å². The van der Waals surface area contributed by atoms with E-state index >= 15 is 0 Å². The van der Waals surface area contributed by atoms with Crippen molar-refractivity contribution in [2.45, 2.75) is 27.7 Å². The molecule has 0 amide bonds. The van der Waals surface area contributed by atoms with Gasteiger partial charge in [-0.3, -0.25) is 4.79 Å². The third-order valence-corrected chi connectivity index (χ3v) is 4.53. The summed E-state index contributed by atoms with van der Waals surface area (Å²) in [5, 5.41) is 41.3. The van der Waals surface area contributed by atoms with Gasteiger partial charge in [0.15, 0.2) is 11.5 Å². The maximum Gasteiger partial charge on any atom is 0.205 e. The topological polar surface area (TPSA) is 111 Å². The summed E-state index contributed by atoms with van der Waals surface area (Å²) < 4.78 is 5.70. The first kappa shape index (κ1) is 20.3. The minimum atomic E-state index is -0.573. The van der Waals surface area contributed by atoms with Gasteiger partial charge >= 0.3 is 0 Å². The van der Waals surface area contributed by atoms with Crippen molar-refractivity contribution >= 4 is 34.1 Å². The Morgan fingerprint density at radius 3 is 1.86 bits per heavy atom. The van der Waals surface area contributed by atoms with Gasteiger partial charge in [0, 0.05) is 17.7 Å². The molecule has 0 atom stereocenters. The fourth-order valence-corrected chi connectivity index (χ4v) is 3.06. The molecule has 2 aromatic carbocycles. The predicted molar refractivity (Wildman–Crippen MR) is 114 cm³/mol. The molecule has 6 nitrogen and oxygen atoms in total. The molecule has 0 saturated carbocycles. The van der Waals surface area contributed by atoms with Crippen molar-refractivity contribution in [2.75, 3.05) is 0 Å². The Morgan fingerprint density at radius 2 is 1.28 bits per heavy atom. The van der Waals surface area contributed by atoms with Crippen LogP contribution in [-0.2, 0) is 0 Å². The fourth-order valence-electron chi connectivity index (χ4n) is 3.06. The van der Waals surface area contributed by atoms with E-state index < -0.39 is 22.7 Å². The first-order chi connectivity index (χ1) is 13.6. The standard InChI is InChI=1S/C23H24O6/c1-11(2)5-7-13-15(24)9-18-20(22(13)27)23(28)19-14(8-6-12(3)4)21(26)16(25)10-17(19)29-18/h5-12,24-27H,1-4H3/b7-5+,8-6+. The van der Waals surface area contributed by atoms with Crippen LogP contribution in [0.2, 0.25) is 0 Å². The molecule has 0 aliphatic rings. The zero-order valence-corrected chi connectivity index (χ0v) is 16.7. The van der Waals surface area contributed by atoms with Crippen LogP contribution >= 0.6 is 0 Å². The van der Waals surface area contributed by atoms with Crippen molar-refractivity contribution in [3.8, 4) is 23.0 Å². The van der Waals surface area contributed by atoms with E-state index in [0.29, 0.717) is 0 Å². The first-order valence-electron chi connectivity index (χ1n) is 9.38. The molecule has 0 fully saturated rings. The van der Waals surface area contributed by atoms with Crippen molar-refractivity contribution in [3.05, 3.63) is 45.6 Å². The zero-order valence-electron chi connectivity index (χ0n) is 16.7. The van der Waals surface area contributed by atoms with Gasteiger partial charge in [0.05, 0.1) is 10.9 Å². The van der Waals surface area contributed by atoms with Crippen molar-refractivity contribution in [1.82, 2.24) is 0 Å². The summed E-state index contributed by atoms with van der Waals surface area (Å²) in [6, 6.07) is 2.39. The number of fused-ring (bicyclic) bond motifs is 2. The Labute approximate surface area is 167 Å². The highest BCUT2D eigenvalue weighted by atomic mass is 16.3. The molecule has 3 rings (SSSR count). The lowest BCUT2D eigenvalue weighted by atomic mass is 10.0. The summed E-state index contributed by atoms with van der Waals surface area (Å²) in [6.07, 6.45) is 6.64. The summed E-state index contributed by atoms with van der Waals surface area (Å²) in [6.45, 7) is 7.74. The van der Waals surface area contributed by atoms with E-state index in [1.807, 2.05) is 27.7 Å². The maximum absolute atomic E-state index is 13.3. The molecule has 0 spiro atoms. The second-order valence-corrected chi connectivity index (χ2v) is 7.70. The third kappa shape index (κ3) is 3.66. The quantitative estimate of drug-likeness (QED) is 0.360. The summed E-state index contributed by atoms with van der Waals surface area (Å²) in [5.41, 5.74) is -0.346. The van der Waals surface area contributed by atoms with Gasteiger partial charge < -0.3 is 24.8 Å². The minimum Gasteiger partial charge on any atom is -0.507 e. The smallest absolute Gasteiger partial charge is 0.205 e. The molecular formula is C23H24O6. The molecule has 4 N–H and O–H groups in total. The molecule has 0 saturated heterocycles. The lowest BCUT2D eigenvalue weighted by Crippen LogP contribution is -2.05. The van der Waals surface area contributed by atoms with Gasteiger partial charge in [-0.25, -0.2) is 0 Å². The second kappa shape index (κ2) is 7.54. The lowest BCUT2D eigenvalue weighted by Gasteiger charge is -2.11. The molecule has 0 bridgehead atoms. The van der Waals surface area contributed by atoms with Crippen molar-refractivity contribution < 1.29 is 24.8 Å². The largest absolute Gasteiger partial charge is 0.507 e. The molecule has 0 aliphatic heterocycles. The lowest BCUT2D eigenvalue weighted by molar-refractivity contribution is 0.403. The van der Waals surface area contributed by atoms with Gasteiger partial charge in [-0.05, 0) is 11.8 Å². The van der Waals surface area contributed by atoms with E-state index in [9.17, 15) is 25.2 Å². The van der Waals surface area contributed by atoms with Crippen molar-refractivity contribution in [3.63, 3.8) is 0 Å². The highest BCUT2D eigenvalue weighted by molar-refractivity contribution is 6.01. The number of hydrogen-bond acceptors (Lipinski definition) is 6. The Hall–Kier alpha value is -3.41. The normalized spacial score (nSPS) is 12.5. The number of hydrogen-bond donors (Lipinski definition) is 4. The molecule has 6 heteroatoms. The Bertz CT molecular complexity index is 1210. The summed E-state index contributed by atoms with van der Waals surface area (Å²) >= 11 is 0. The highest BCUT2D eigenvalue weighted by Crippen LogP contribution is 2.40. The SMILES string of the molecule is CC(C)/C=C/c1c(O)cc2oc3cc(O)c(O)c(/C=C/C(C)C)c3c(=O)c2c1O. The Kier molecular flexibility index (Phi) is 5.29.